The third kappa shape index (κ3) is 6.34. The molecule has 0 aliphatic heterocycles. The Morgan fingerprint density at radius 3 is 2.23 bits per heavy atom. The zero-order valence-electron chi connectivity index (χ0n) is 24.4. The summed E-state index contributed by atoms with van der Waals surface area (Å²) in [5, 5.41) is 3.06. The molecule has 0 bridgehead atoms. The number of carbonyl (C=O) groups excluding carboxylic acids is 2. The van der Waals surface area contributed by atoms with Gasteiger partial charge in [-0.05, 0) is 68.1 Å². The second kappa shape index (κ2) is 12.9. The van der Waals surface area contributed by atoms with Crippen molar-refractivity contribution in [2.75, 3.05) is 14.2 Å². The smallest absolute Gasteiger partial charge is 0.307 e. The minimum Gasteiger partial charge on any atom is -0.496 e. The minimum absolute atomic E-state index is 0.0143. The molecule has 1 fully saturated rings. The largest absolute Gasteiger partial charge is 0.496 e. The fourth-order valence-electron chi connectivity index (χ4n) is 5.74. The van der Waals surface area contributed by atoms with Gasteiger partial charge in [0.1, 0.15) is 22.3 Å². The predicted octanol–water partition coefficient (Wildman–Crippen LogP) is 8.52. The first-order chi connectivity index (χ1) is 20.9. The van der Waals surface area contributed by atoms with Crippen LogP contribution in [-0.2, 0) is 6.54 Å². The number of hydrogen-bond donors (Lipinski definition) is 1. The fourth-order valence-corrected chi connectivity index (χ4v) is 7.25. The fraction of sp³-hybridized carbons (Fsp3) is 0.333. The van der Waals surface area contributed by atoms with E-state index in [2.05, 4.69) is 5.32 Å². The second-order valence-corrected chi connectivity index (χ2v) is 12.4. The van der Waals surface area contributed by atoms with Crippen LogP contribution in [0.2, 0.25) is 5.02 Å². The van der Waals surface area contributed by atoms with Crippen LogP contribution in [0.15, 0.2) is 54.6 Å². The van der Waals surface area contributed by atoms with Crippen molar-refractivity contribution in [2.24, 2.45) is 0 Å². The lowest BCUT2D eigenvalue weighted by atomic mass is 9.89. The van der Waals surface area contributed by atoms with Gasteiger partial charge in [-0.1, -0.05) is 41.9 Å². The van der Waals surface area contributed by atoms with E-state index in [1.165, 1.54) is 19.2 Å². The number of rotatable bonds is 9. The van der Waals surface area contributed by atoms with Crippen molar-refractivity contribution < 1.29 is 31.9 Å². The number of hydrogen-bond acceptors (Lipinski definition) is 5. The molecule has 1 saturated carbocycles. The number of ether oxygens (including phenoxy) is 1. The molecule has 0 radical (unpaired) electrons. The van der Waals surface area contributed by atoms with E-state index in [4.69, 9.17) is 16.3 Å². The highest BCUT2D eigenvalue weighted by Crippen LogP contribution is 2.40. The van der Waals surface area contributed by atoms with Crippen LogP contribution in [0.1, 0.15) is 58.2 Å². The van der Waals surface area contributed by atoms with E-state index >= 15 is 0 Å². The Morgan fingerprint density at radius 1 is 1.00 bits per heavy atom. The third-order valence-corrected chi connectivity index (χ3v) is 9.86. The normalized spacial score (nSPS) is 17.1. The van der Waals surface area contributed by atoms with Gasteiger partial charge in [-0.25, -0.2) is 8.78 Å². The molecule has 44 heavy (non-hydrogen) atoms. The van der Waals surface area contributed by atoms with E-state index < -0.39 is 29.2 Å². The predicted molar refractivity (Wildman–Crippen MR) is 165 cm³/mol. The molecule has 1 amide bonds. The average Bonchev–Trinajstić information content (AvgIpc) is 3.38. The van der Waals surface area contributed by atoms with E-state index in [9.17, 15) is 27.2 Å². The topological polar surface area (TPSA) is 58.6 Å². The number of fused-ring (bicyclic) bond motifs is 1. The average molecular weight is 647 g/mol. The molecule has 4 aromatic rings. The summed E-state index contributed by atoms with van der Waals surface area (Å²) < 4.78 is 62.0. The van der Waals surface area contributed by atoms with E-state index in [0.29, 0.717) is 42.7 Å². The molecule has 3 aromatic carbocycles. The lowest BCUT2D eigenvalue weighted by molar-refractivity contribution is 0.0221. The monoisotopic (exact) mass is 646 g/mol. The Morgan fingerprint density at radius 2 is 1.64 bits per heavy atom. The summed E-state index contributed by atoms with van der Waals surface area (Å²) in [6, 6.07) is 13.4. The van der Waals surface area contributed by atoms with Gasteiger partial charge >= 0.3 is 5.92 Å². The van der Waals surface area contributed by atoms with Crippen LogP contribution in [0.3, 0.4) is 0 Å². The summed E-state index contributed by atoms with van der Waals surface area (Å²) in [4.78, 5) is 28.0. The lowest BCUT2D eigenvalue weighted by Crippen LogP contribution is -2.44. The van der Waals surface area contributed by atoms with Gasteiger partial charge in [-0.15, -0.1) is 11.3 Å². The Kier molecular flexibility index (Phi) is 9.34. The highest BCUT2D eigenvalue weighted by Gasteiger charge is 2.34. The van der Waals surface area contributed by atoms with Gasteiger partial charge in [0.25, 0.3) is 5.91 Å². The first-order valence-corrected chi connectivity index (χ1v) is 15.4. The number of thiophene rings is 1. The van der Waals surface area contributed by atoms with Crippen molar-refractivity contribution in [3.63, 3.8) is 0 Å². The summed E-state index contributed by atoms with van der Waals surface area (Å²) >= 11 is 7.37. The van der Waals surface area contributed by atoms with Crippen molar-refractivity contribution in [2.45, 2.75) is 57.2 Å². The van der Waals surface area contributed by atoms with Crippen molar-refractivity contribution in [3.8, 4) is 16.9 Å². The van der Waals surface area contributed by atoms with Crippen LogP contribution in [0, 0.1) is 11.6 Å². The number of nitrogens with one attached hydrogen (secondary N) is 1. The maximum Gasteiger partial charge on any atom is 0.307 e. The Hall–Kier alpha value is -3.47. The van der Waals surface area contributed by atoms with Crippen molar-refractivity contribution in [1.29, 1.82) is 0 Å². The molecular formula is C33H31ClF4N2O3S. The van der Waals surface area contributed by atoms with Crippen molar-refractivity contribution >= 4 is 44.7 Å². The molecule has 5 rings (SSSR count). The van der Waals surface area contributed by atoms with Crippen LogP contribution in [0.25, 0.3) is 21.2 Å². The number of alkyl halides is 2. The van der Waals surface area contributed by atoms with Crippen LogP contribution < -0.4 is 10.1 Å². The van der Waals surface area contributed by atoms with Gasteiger partial charge in [-0.3, -0.25) is 9.59 Å². The molecule has 0 spiro atoms. The maximum absolute atomic E-state index is 14.7. The van der Waals surface area contributed by atoms with Gasteiger partial charge in [0, 0.05) is 36.7 Å². The third-order valence-electron chi connectivity index (χ3n) is 8.18. The molecule has 5 nitrogen and oxygen atoms in total. The molecule has 0 unspecified atom stereocenters. The molecule has 0 atom stereocenters. The summed E-state index contributed by atoms with van der Waals surface area (Å²) in [6.45, 7) is 0.690. The van der Waals surface area contributed by atoms with Crippen LogP contribution in [0.4, 0.5) is 17.6 Å². The molecule has 1 aromatic heterocycles. The van der Waals surface area contributed by atoms with Gasteiger partial charge < -0.3 is 15.0 Å². The molecule has 232 valence electrons. The Bertz CT molecular complexity index is 1700. The standard InChI is InChI=1S/C33H31ClF4N2O3S/c1-33(37,38)31(41)19-6-4-18(5-7-19)20-8-15-26(43-3)21(16-20)17-40(23-11-9-22(39-2)10-12-23)32(42)30-28(34)27-24(35)13-14-25(36)29(27)44-30/h4-8,13-16,22-23,39H,9-12,17H2,1-3H3. The van der Waals surface area contributed by atoms with Crippen LogP contribution >= 0.6 is 22.9 Å². The zero-order chi connectivity index (χ0) is 31.8. The van der Waals surface area contributed by atoms with Gasteiger partial charge in [0.2, 0.25) is 5.78 Å². The number of nitrogens with zero attached hydrogens (tertiary/aromatic N) is 1. The first kappa shape index (κ1) is 31.9. The van der Waals surface area contributed by atoms with Gasteiger partial charge in [0.15, 0.2) is 0 Å². The molecule has 1 aliphatic rings. The molecular weight excluding hydrogens is 616 g/mol. The number of benzene rings is 3. The Balaban J connectivity index is 1.52. The highest BCUT2D eigenvalue weighted by molar-refractivity contribution is 7.21. The molecule has 0 saturated heterocycles. The quantitative estimate of drug-likeness (QED) is 0.146. The van der Waals surface area contributed by atoms with Crippen LogP contribution in [0.5, 0.6) is 5.75 Å². The van der Waals surface area contributed by atoms with Crippen LogP contribution in [-0.4, -0.2) is 48.8 Å². The second-order valence-electron chi connectivity index (χ2n) is 11.0. The summed E-state index contributed by atoms with van der Waals surface area (Å²) in [6.07, 6.45) is 3.10. The zero-order valence-corrected chi connectivity index (χ0v) is 25.9. The van der Waals surface area contributed by atoms with E-state index in [-0.39, 0.29) is 38.1 Å². The molecule has 1 heterocycles. The van der Waals surface area contributed by atoms with Crippen molar-refractivity contribution in [3.05, 3.63) is 87.3 Å². The highest BCUT2D eigenvalue weighted by atomic mass is 35.5. The van der Waals surface area contributed by atoms with Gasteiger partial charge in [-0.2, -0.15) is 8.78 Å². The maximum atomic E-state index is 14.7. The summed E-state index contributed by atoms with van der Waals surface area (Å²) in [5.74, 6) is -6.01. The molecule has 1 N–H and O–H groups in total. The number of ketones is 1. The van der Waals surface area contributed by atoms with E-state index in [1.807, 2.05) is 13.1 Å². The first-order valence-electron chi connectivity index (χ1n) is 14.2. The lowest BCUT2D eigenvalue weighted by Gasteiger charge is -2.37. The molecule has 1 aliphatic carbocycles. The Labute approximate surface area is 261 Å². The SMILES string of the molecule is CNC1CCC(N(Cc2cc(-c3ccc(C(=O)C(C)(F)F)cc3)ccc2OC)C(=O)c2sc3c(F)ccc(F)c3c2Cl)CC1. The van der Waals surface area contributed by atoms with Crippen molar-refractivity contribution in [1.82, 2.24) is 10.2 Å². The van der Waals surface area contributed by atoms with E-state index in [0.717, 1.165) is 41.9 Å². The number of methoxy groups -OCH3 is 1. The van der Waals surface area contributed by atoms with Gasteiger partial charge in [0.05, 0.1) is 22.2 Å². The number of Topliss-reactive ketones (excluding diaryl/α,β-unsaturated/α-hetero) is 1. The minimum atomic E-state index is -3.48. The number of halogens is 5. The molecule has 11 heteroatoms. The van der Waals surface area contributed by atoms with E-state index in [1.54, 1.807) is 29.2 Å². The number of amides is 1. The number of carbonyl (C=O) groups is 2. The summed E-state index contributed by atoms with van der Waals surface area (Å²) in [7, 11) is 3.42. The summed E-state index contributed by atoms with van der Waals surface area (Å²) in [5.41, 5.74) is 1.97.